The summed E-state index contributed by atoms with van der Waals surface area (Å²) in [5.74, 6) is 0.924. The number of amides is 1. The van der Waals surface area contributed by atoms with Crippen molar-refractivity contribution in [2.24, 2.45) is 0 Å². The zero-order chi connectivity index (χ0) is 17.2. The molecule has 1 fully saturated rings. The number of anilines is 1. The molecule has 0 spiro atoms. The molecule has 0 saturated heterocycles. The molecule has 0 radical (unpaired) electrons. The zero-order valence-corrected chi connectivity index (χ0v) is 14.7. The topological polar surface area (TPSA) is 63.1 Å². The van der Waals surface area contributed by atoms with Gasteiger partial charge in [0.2, 0.25) is 5.91 Å². The molecule has 2 heterocycles. The molecule has 1 aromatic heterocycles. The molecule has 6 nitrogen and oxygen atoms in total. The minimum Gasteiger partial charge on any atom is -0.368 e. The Kier molecular flexibility index (Phi) is 4.42. The predicted octanol–water partition coefficient (Wildman–Crippen LogP) is 2.46. The molecule has 1 N–H and O–H groups in total. The second-order valence-corrected chi connectivity index (χ2v) is 7.12. The van der Waals surface area contributed by atoms with Crippen molar-refractivity contribution >= 4 is 11.6 Å². The van der Waals surface area contributed by atoms with Gasteiger partial charge in [-0.15, -0.1) is 10.2 Å². The minimum atomic E-state index is 0.0700. The highest BCUT2D eigenvalue weighted by Gasteiger charge is 2.26. The average molecular weight is 339 g/mol. The molecule has 2 aliphatic rings. The maximum Gasteiger partial charge on any atom is 0.222 e. The normalized spacial score (nSPS) is 19.6. The second kappa shape index (κ2) is 6.86. The van der Waals surface area contributed by atoms with E-state index in [1.54, 1.807) is 6.33 Å². The summed E-state index contributed by atoms with van der Waals surface area (Å²) in [4.78, 5) is 14.7. The molecule has 25 heavy (non-hydrogen) atoms. The number of hydrogen-bond acceptors (Lipinski definition) is 4. The number of para-hydroxylation sites is 1. The number of aromatic nitrogens is 3. The molecule has 132 valence electrons. The minimum absolute atomic E-state index is 0.0700. The highest BCUT2D eigenvalue weighted by Crippen LogP contribution is 2.35. The maximum atomic E-state index is 12.3. The standard InChI is InChI=1S/C19H25N5O/c1-14-6-7-15-4-2-3-5-17(15)23(14)11-10-19(25)20-12-18-22-21-13-24(18)16-8-9-16/h2-5,13-14,16H,6-12H2,1H3,(H,20,25)/t14-/m0/s1. The van der Waals surface area contributed by atoms with E-state index in [9.17, 15) is 4.79 Å². The van der Waals surface area contributed by atoms with Crippen molar-refractivity contribution < 1.29 is 4.79 Å². The number of aryl methyl sites for hydroxylation is 1. The summed E-state index contributed by atoms with van der Waals surface area (Å²) >= 11 is 0. The van der Waals surface area contributed by atoms with Gasteiger partial charge in [0.25, 0.3) is 0 Å². The summed E-state index contributed by atoms with van der Waals surface area (Å²) in [6.45, 7) is 3.45. The summed E-state index contributed by atoms with van der Waals surface area (Å²) in [7, 11) is 0. The molecule has 0 bridgehead atoms. The van der Waals surface area contributed by atoms with Crippen LogP contribution in [0.25, 0.3) is 0 Å². The Morgan fingerprint density at radius 2 is 2.12 bits per heavy atom. The Morgan fingerprint density at radius 3 is 2.96 bits per heavy atom. The van der Waals surface area contributed by atoms with E-state index in [0.717, 1.165) is 25.2 Å². The smallest absolute Gasteiger partial charge is 0.222 e. The number of benzene rings is 1. The van der Waals surface area contributed by atoms with Gasteiger partial charge in [-0.1, -0.05) is 18.2 Å². The van der Waals surface area contributed by atoms with Crippen LogP contribution >= 0.6 is 0 Å². The highest BCUT2D eigenvalue weighted by molar-refractivity contribution is 5.76. The van der Waals surface area contributed by atoms with Crippen LogP contribution in [0.4, 0.5) is 5.69 Å². The summed E-state index contributed by atoms with van der Waals surface area (Å²) in [6, 6.07) is 9.54. The zero-order valence-electron chi connectivity index (χ0n) is 14.7. The molecule has 1 aliphatic carbocycles. The largest absolute Gasteiger partial charge is 0.368 e. The van der Waals surface area contributed by atoms with Crippen molar-refractivity contribution in [3.05, 3.63) is 42.0 Å². The third-order valence-corrected chi connectivity index (χ3v) is 5.28. The predicted molar refractivity (Wildman–Crippen MR) is 96.3 cm³/mol. The maximum absolute atomic E-state index is 12.3. The van der Waals surface area contributed by atoms with Gasteiger partial charge in [0.1, 0.15) is 6.33 Å². The van der Waals surface area contributed by atoms with Gasteiger partial charge in [-0.3, -0.25) is 4.79 Å². The molecule has 1 aromatic carbocycles. The van der Waals surface area contributed by atoms with Crippen molar-refractivity contribution in [3.8, 4) is 0 Å². The summed E-state index contributed by atoms with van der Waals surface area (Å²) in [5.41, 5.74) is 2.67. The van der Waals surface area contributed by atoms with E-state index in [1.165, 1.54) is 24.1 Å². The lowest BCUT2D eigenvalue weighted by Gasteiger charge is -2.37. The Balaban J connectivity index is 1.32. The second-order valence-electron chi connectivity index (χ2n) is 7.12. The summed E-state index contributed by atoms with van der Waals surface area (Å²) in [6.07, 6.45) is 6.90. The van der Waals surface area contributed by atoms with Crippen LogP contribution in [0, 0.1) is 0 Å². The van der Waals surface area contributed by atoms with Gasteiger partial charge in [-0.05, 0) is 44.2 Å². The third kappa shape index (κ3) is 3.52. The monoisotopic (exact) mass is 339 g/mol. The Bertz CT molecular complexity index is 752. The quantitative estimate of drug-likeness (QED) is 0.878. The number of hydrogen-bond donors (Lipinski definition) is 1. The molecule has 1 aliphatic heterocycles. The van der Waals surface area contributed by atoms with E-state index >= 15 is 0 Å². The molecular weight excluding hydrogens is 314 g/mol. The first-order chi connectivity index (χ1) is 12.2. The van der Waals surface area contributed by atoms with Crippen molar-refractivity contribution in [1.82, 2.24) is 20.1 Å². The van der Waals surface area contributed by atoms with E-state index in [2.05, 4.69) is 56.2 Å². The fourth-order valence-electron chi connectivity index (χ4n) is 3.64. The lowest BCUT2D eigenvalue weighted by molar-refractivity contribution is -0.121. The van der Waals surface area contributed by atoms with Crippen LogP contribution in [0.2, 0.25) is 0 Å². The average Bonchev–Trinajstić information content (AvgIpc) is 3.37. The first-order valence-electron chi connectivity index (χ1n) is 9.22. The summed E-state index contributed by atoms with van der Waals surface area (Å²) in [5, 5.41) is 11.1. The summed E-state index contributed by atoms with van der Waals surface area (Å²) < 4.78 is 2.09. The SMILES string of the molecule is C[C@H]1CCc2ccccc2N1CCC(=O)NCc1nncn1C1CC1. The van der Waals surface area contributed by atoms with Crippen molar-refractivity contribution in [2.75, 3.05) is 11.4 Å². The van der Waals surface area contributed by atoms with Gasteiger partial charge in [-0.25, -0.2) is 0 Å². The van der Waals surface area contributed by atoms with Crippen LogP contribution in [-0.2, 0) is 17.8 Å². The van der Waals surface area contributed by atoms with Crippen molar-refractivity contribution in [3.63, 3.8) is 0 Å². The Morgan fingerprint density at radius 1 is 1.28 bits per heavy atom. The Labute approximate surface area is 148 Å². The number of nitrogens with one attached hydrogen (secondary N) is 1. The van der Waals surface area contributed by atoms with Crippen LogP contribution in [0.15, 0.2) is 30.6 Å². The molecule has 2 aromatic rings. The molecule has 1 amide bonds. The van der Waals surface area contributed by atoms with Crippen LogP contribution in [-0.4, -0.2) is 33.3 Å². The third-order valence-electron chi connectivity index (χ3n) is 5.28. The molecular formula is C19H25N5O. The van der Waals surface area contributed by atoms with Gasteiger partial charge < -0.3 is 14.8 Å². The number of nitrogens with zero attached hydrogens (tertiary/aromatic N) is 4. The lowest BCUT2D eigenvalue weighted by atomic mass is 9.96. The molecule has 4 rings (SSSR count). The van der Waals surface area contributed by atoms with Gasteiger partial charge in [-0.2, -0.15) is 0 Å². The van der Waals surface area contributed by atoms with Crippen LogP contribution in [0.5, 0.6) is 0 Å². The van der Waals surface area contributed by atoms with Crippen molar-refractivity contribution in [2.45, 2.75) is 57.7 Å². The first kappa shape index (κ1) is 16.1. The van der Waals surface area contributed by atoms with Gasteiger partial charge in [0, 0.05) is 30.7 Å². The van der Waals surface area contributed by atoms with E-state index in [-0.39, 0.29) is 5.91 Å². The fraction of sp³-hybridized carbons (Fsp3) is 0.526. The van der Waals surface area contributed by atoms with E-state index in [1.807, 2.05) is 0 Å². The van der Waals surface area contributed by atoms with Crippen LogP contribution in [0.3, 0.4) is 0 Å². The lowest BCUT2D eigenvalue weighted by Crippen LogP contribution is -2.40. The molecule has 1 atom stereocenters. The Hall–Kier alpha value is -2.37. The number of fused-ring (bicyclic) bond motifs is 1. The van der Waals surface area contributed by atoms with Gasteiger partial charge in [0.05, 0.1) is 6.54 Å². The number of rotatable bonds is 6. The first-order valence-corrected chi connectivity index (χ1v) is 9.22. The highest BCUT2D eigenvalue weighted by atomic mass is 16.1. The molecule has 6 heteroatoms. The molecule has 0 unspecified atom stereocenters. The van der Waals surface area contributed by atoms with Crippen LogP contribution < -0.4 is 10.2 Å². The number of carbonyl (C=O) groups is 1. The van der Waals surface area contributed by atoms with Gasteiger partial charge >= 0.3 is 0 Å². The molecule has 1 saturated carbocycles. The van der Waals surface area contributed by atoms with Crippen molar-refractivity contribution in [1.29, 1.82) is 0 Å². The van der Waals surface area contributed by atoms with E-state index in [0.29, 0.717) is 25.0 Å². The van der Waals surface area contributed by atoms with Gasteiger partial charge in [0.15, 0.2) is 5.82 Å². The van der Waals surface area contributed by atoms with Crippen LogP contribution in [0.1, 0.15) is 50.0 Å². The fourth-order valence-corrected chi connectivity index (χ4v) is 3.64. The van der Waals surface area contributed by atoms with E-state index in [4.69, 9.17) is 0 Å². The van der Waals surface area contributed by atoms with E-state index < -0.39 is 0 Å². The number of carbonyl (C=O) groups excluding carboxylic acids is 1.